The smallest absolute Gasteiger partial charge is 0.244 e. The summed E-state index contributed by atoms with van der Waals surface area (Å²) in [5, 5.41) is 3.02. The number of amides is 1. The third-order valence-electron chi connectivity index (χ3n) is 4.50. The monoisotopic (exact) mass is 464 g/mol. The van der Waals surface area contributed by atoms with Crippen molar-refractivity contribution in [3.63, 3.8) is 0 Å². The van der Waals surface area contributed by atoms with Crippen LogP contribution in [0.1, 0.15) is 23.6 Å². The second-order valence-electron chi connectivity index (χ2n) is 6.21. The molecule has 1 aliphatic heterocycles. The van der Waals surface area contributed by atoms with Crippen LogP contribution in [0.4, 0.5) is 5.69 Å². The summed E-state index contributed by atoms with van der Waals surface area (Å²) in [5.41, 5.74) is 10.6. The number of nitrogens with one attached hydrogen (secondary N) is 1. The van der Waals surface area contributed by atoms with Crippen LogP contribution in [0.2, 0.25) is 0 Å². The molecule has 0 aromatic heterocycles. The number of halogens is 1. The summed E-state index contributed by atoms with van der Waals surface area (Å²) >= 11 is 0. The molecule has 2 aromatic rings. The Balaban J connectivity index is 0.00000243. The van der Waals surface area contributed by atoms with Crippen molar-refractivity contribution in [1.29, 1.82) is 0 Å². The molecule has 0 saturated carbocycles. The molecule has 0 saturated heterocycles. The average molecular weight is 464 g/mol. The quantitative estimate of drug-likeness (QED) is 0.415. The molecule has 1 amide bonds. The molecule has 0 unspecified atom stereocenters. The maximum absolute atomic E-state index is 12.4. The molecule has 26 heavy (non-hydrogen) atoms. The van der Waals surface area contributed by atoms with Crippen LogP contribution in [0.5, 0.6) is 0 Å². The highest BCUT2D eigenvalue weighted by Crippen LogP contribution is 2.18. The zero-order valence-electron chi connectivity index (χ0n) is 14.9. The van der Waals surface area contributed by atoms with E-state index in [1.807, 2.05) is 41.3 Å². The maximum atomic E-state index is 12.4. The van der Waals surface area contributed by atoms with Crippen LogP contribution in [0.3, 0.4) is 0 Å². The van der Waals surface area contributed by atoms with Crippen LogP contribution < -0.4 is 11.1 Å². The van der Waals surface area contributed by atoms with Gasteiger partial charge in [-0.05, 0) is 41.7 Å². The fourth-order valence-electron chi connectivity index (χ4n) is 2.97. The molecule has 0 bridgehead atoms. The number of nitrogens with two attached hydrogens (primary N) is 1. The van der Waals surface area contributed by atoms with Crippen LogP contribution in [0, 0.1) is 0 Å². The van der Waals surface area contributed by atoms with E-state index in [4.69, 9.17) is 5.73 Å². The Morgan fingerprint density at radius 3 is 2.54 bits per heavy atom. The zero-order valence-corrected chi connectivity index (χ0v) is 17.3. The fraction of sp³-hybridized carbons (Fsp3) is 0.300. The first kappa shape index (κ1) is 20.2. The lowest BCUT2D eigenvalue weighted by Crippen LogP contribution is -2.38. The summed E-state index contributed by atoms with van der Waals surface area (Å²) in [7, 11) is 0. The van der Waals surface area contributed by atoms with Gasteiger partial charge in [-0.2, -0.15) is 0 Å². The van der Waals surface area contributed by atoms with Gasteiger partial charge in [-0.15, -0.1) is 24.0 Å². The number of aryl methyl sites for hydroxylation is 1. The minimum atomic E-state index is 0. The lowest BCUT2D eigenvalue weighted by molar-refractivity contribution is -0.130. The summed E-state index contributed by atoms with van der Waals surface area (Å²) < 4.78 is 0. The summed E-state index contributed by atoms with van der Waals surface area (Å²) in [4.78, 5) is 18.4. The first-order chi connectivity index (χ1) is 12.2. The van der Waals surface area contributed by atoms with E-state index in [1.54, 1.807) is 0 Å². The Labute approximate surface area is 171 Å². The topological polar surface area (TPSA) is 70.7 Å². The lowest BCUT2D eigenvalue weighted by Gasteiger charge is -2.28. The van der Waals surface area contributed by atoms with Crippen molar-refractivity contribution in [3.8, 4) is 0 Å². The van der Waals surface area contributed by atoms with Gasteiger partial charge in [0.1, 0.15) is 6.54 Å². The number of rotatable bonds is 4. The molecule has 3 N–H and O–H groups in total. The third kappa shape index (κ3) is 5.20. The standard InChI is InChI=1S/C20H24N4O.HI/c1-2-15-7-9-18(10-8-15)23-20(21)22-13-19(25)24-12-11-16-5-3-4-6-17(16)14-24;/h3-10H,2,11-14H2,1H3,(H3,21,22,23);1H. The Morgan fingerprint density at radius 1 is 1.15 bits per heavy atom. The van der Waals surface area contributed by atoms with Gasteiger partial charge in [0.25, 0.3) is 0 Å². The molecule has 0 radical (unpaired) electrons. The Morgan fingerprint density at radius 2 is 1.85 bits per heavy atom. The molecule has 5 nitrogen and oxygen atoms in total. The predicted molar refractivity (Wildman–Crippen MR) is 117 cm³/mol. The van der Waals surface area contributed by atoms with Crippen molar-refractivity contribution in [1.82, 2.24) is 4.90 Å². The number of aliphatic imine (C=N–C) groups is 1. The van der Waals surface area contributed by atoms with E-state index < -0.39 is 0 Å². The van der Waals surface area contributed by atoms with Crippen LogP contribution in [-0.4, -0.2) is 29.9 Å². The number of nitrogens with zero attached hydrogens (tertiary/aromatic N) is 2. The Bertz CT molecular complexity index is 774. The highest BCUT2D eigenvalue weighted by molar-refractivity contribution is 14.0. The van der Waals surface area contributed by atoms with E-state index in [-0.39, 0.29) is 42.4 Å². The fourth-order valence-corrected chi connectivity index (χ4v) is 2.97. The summed E-state index contributed by atoms with van der Waals surface area (Å²) in [6.07, 6.45) is 1.89. The van der Waals surface area contributed by atoms with Crippen molar-refractivity contribution in [2.75, 3.05) is 18.4 Å². The van der Waals surface area contributed by atoms with Gasteiger partial charge in [-0.3, -0.25) is 4.79 Å². The SMILES string of the molecule is CCc1ccc(NC(N)=NCC(=O)N2CCc3ccccc3C2)cc1.I. The van der Waals surface area contributed by atoms with Crippen molar-refractivity contribution in [2.24, 2.45) is 10.7 Å². The summed E-state index contributed by atoms with van der Waals surface area (Å²) in [6, 6.07) is 16.3. The Hall–Kier alpha value is -2.09. The Kier molecular flexibility index (Phi) is 7.44. The first-order valence-corrected chi connectivity index (χ1v) is 8.66. The van der Waals surface area contributed by atoms with Crippen LogP contribution in [0.25, 0.3) is 0 Å². The number of hydrogen-bond donors (Lipinski definition) is 2. The normalized spacial score (nSPS) is 13.6. The van der Waals surface area contributed by atoms with Crippen molar-refractivity contribution in [3.05, 3.63) is 65.2 Å². The molecule has 0 atom stereocenters. The van der Waals surface area contributed by atoms with Gasteiger partial charge in [0, 0.05) is 18.8 Å². The number of fused-ring (bicyclic) bond motifs is 1. The van der Waals surface area contributed by atoms with Gasteiger partial charge in [0.15, 0.2) is 5.96 Å². The van der Waals surface area contributed by atoms with Gasteiger partial charge in [-0.25, -0.2) is 4.99 Å². The molecule has 138 valence electrons. The average Bonchev–Trinajstić information content (AvgIpc) is 2.66. The van der Waals surface area contributed by atoms with Crippen molar-refractivity contribution in [2.45, 2.75) is 26.3 Å². The lowest BCUT2D eigenvalue weighted by atomic mass is 10.00. The van der Waals surface area contributed by atoms with E-state index in [0.717, 1.165) is 25.1 Å². The highest BCUT2D eigenvalue weighted by atomic mass is 127. The molecular formula is C20H25IN4O. The molecule has 6 heteroatoms. The van der Waals surface area contributed by atoms with Gasteiger partial charge >= 0.3 is 0 Å². The zero-order chi connectivity index (χ0) is 17.6. The predicted octanol–water partition coefficient (Wildman–Crippen LogP) is 3.18. The minimum Gasteiger partial charge on any atom is -0.370 e. The first-order valence-electron chi connectivity index (χ1n) is 8.66. The summed E-state index contributed by atoms with van der Waals surface area (Å²) in [5.74, 6) is 0.260. The molecule has 3 rings (SSSR count). The molecule has 2 aromatic carbocycles. The third-order valence-corrected chi connectivity index (χ3v) is 4.50. The van der Waals surface area contributed by atoms with E-state index >= 15 is 0 Å². The molecule has 1 heterocycles. The second-order valence-corrected chi connectivity index (χ2v) is 6.21. The number of anilines is 1. The number of guanidine groups is 1. The van der Waals surface area contributed by atoms with E-state index in [0.29, 0.717) is 6.54 Å². The summed E-state index contributed by atoms with van der Waals surface area (Å²) in [6.45, 7) is 3.56. The molecule has 1 aliphatic rings. The van der Waals surface area contributed by atoms with Gasteiger partial charge in [-0.1, -0.05) is 43.3 Å². The molecular weight excluding hydrogens is 439 g/mol. The molecule has 0 spiro atoms. The van der Waals surface area contributed by atoms with Gasteiger partial charge in [0.05, 0.1) is 0 Å². The van der Waals surface area contributed by atoms with Gasteiger partial charge < -0.3 is 16.0 Å². The molecule has 0 aliphatic carbocycles. The number of benzene rings is 2. The second kappa shape index (κ2) is 9.56. The van der Waals surface area contributed by atoms with Crippen LogP contribution >= 0.6 is 24.0 Å². The number of carbonyl (C=O) groups excluding carboxylic acids is 1. The molecule has 0 fully saturated rings. The van der Waals surface area contributed by atoms with Crippen molar-refractivity contribution < 1.29 is 4.79 Å². The largest absolute Gasteiger partial charge is 0.370 e. The van der Waals surface area contributed by atoms with Crippen LogP contribution in [-0.2, 0) is 24.2 Å². The highest BCUT2D eigenvalue weighted by Gasteiger charge is 2.19. The maximum Gasteiger partial charge on any atom is 0.244 e. The van der Waals surface area contributed by atoms with E-state index in [9.17, 15) is 4.79 Å². The van der Waals surface area contributed by atoms with Gasteiger partial charge in [0.2, 0.25) is 5.91 Å². The van der Waals surface area contributed by atoms with E-state index in [1.165, 1.54) is 16.7 Å². The number of carbonyl (C=O) groups is 1. The number of hydrogen-bond acceptors (Lipinski definition) is 2. The van der Waals surface area contributed by atoms with E-state index in [2.05, 4.69) is 29.4 Å². The minimum absolute atomic E-state index is 0. The van der Waals surface area contributed by atoms with Crippen LogP contribution in [0.15, 0.2) is 53.5 Å². The van der Waals surface area contributed by atoms with Crippen molar-refractivity contribution >= 4 is 41.5 Å².